The van der Waals surface area contributed by atoms with E-state index in [0.29, 0.717) is 0 Å². The molecule has 0 radical (unpaired) electrons. The molecule has 0 spiro atoms. The van der Waals surface area contributed by atoms with Crippen molar-refractivity contribution in [3.05, 3.63) is 18.0 Å². The van der Waals surface area contributed by atoms with Gasteiger partial charge in [-0.25, -0.2) is 0 Å². The zero-order chi connectivity index (χ0) is 10.6. The Morgan fingerprint density at radius 2 is 2.14 bits per heavy atom. The number of nitrogens with one attached hydrogen (secondary N) is 1. The van der Waals surface area contributed by atoms with E-state index in [4.69, 9.17) is 0 Å². The molecule has 0 unspecified atom stereocenters. The van der Waals surface area contributed by atoms with Crippen molar-refractivity contribution >= 4 is 0 Å². The lowest BCUT2D eigenvalue weighted by Crippen LogP contribution is -2.22. The van der Waals surface area contributed by atoms with Crippen LogP contribution >= 0.6 is 0 Å². The maximum Gasteiger partial charge on any atom is 0.0625 e. The van der Waals surface area contributed by atoms with Crippen LogP contribution in [0.15, 0.2) is 12.3 Å². The summed E-state index contributed by atoms with van der Waals surface area (Å²) < 4.78 is 2.03. The van der Waals surface area contributed by atoms with Crippen LogP contribution in [0.4, 0.5) is 0 Å². The van der Waals surface area contributed by atoms with Crippen LogP contribution in [-0.4, -0.2) is 23.4 Å². The predicted molar refractivity (Wildman–Crippen MR) is 59.5 cm³/mol. The van der Waals surface area contributed by atoms with Crippen molar-refractivity contribution in [2.75, 3.05) is 13.6 Å². The quantitative estimate of drug-likeness (QED) is 0.742. The minimum absolute atomic E-state index is 0.0985. The number of rotatable bonds is 4. The first-order valence-corrected chi connectivity index (χ1v) is 5.23. The van der Waals surface area contributed by atoms with Gasteiger partial charge in [-0.05, 0) is 53.3 Å². The van der Waals surface area contributed by atoms with Gasteiger partial charge < -0.3 is 5.32 Å². The molecule has 0 saturated carbocycles. The fourth-order valence-electron chi connectivity index (χ4n) is 1.31. The third-order valence-corrected chi connectivity index (χ3v) is 2.19. The summed E-state index contributed by atoms with van der Waals surface area (Å²) in [6.45, 7) is 7.55. The van der Waals surface area contributed by atoms with Crippen molar-refractivity contribution in [3.8, 4) is 0 Å². The van der Waals surface area contributed by atoms with Crippen LogP contribution in [-0.2, 0) is 12.0 Å². The minimum Gasteiger partial charge on any atom is -0.320 e. The van der Waals surface area contributed by atoms with Gasteiger partial charge in [0.25, 0.3) is 0 Å². The summed E-state index contributed by atoms with van der Waals surface area (Å²) in [5.74, 6) is 0. The standard InChI is InChI=1S/C11H21N3/c1-11(2,3)14-9-7-10(13-14)6-5-8-12-4/h7,9,12H,5-6,8H2,1-4H3. The maximum absolute atomic E-state index is 4.54. The number of aromatic nitrogens is 2. The molecule has 1 aromatic rings. The first-order chi connectivity index (χ1) is 6.54. The molecular weight excluding hydrogens is 174 g/mol. The molecule has 0 aliphatic heterocycles. The molecule has 0 aliphatic rings. The Bertz CT molecular complexity index is 270. The van der Waals surface area contributed by atoms with Crippen LogP contribution in [0, 0.1) is 0 Å². The second kappa shape index (κ2) is 4.60. The van der Waals surface area contributed by atoms with Gasteiger partial charge in [-0.15, -0.1) is 0 Å². The zero-order valence-electron chi connectivity index (χ0n) is 9.67. The van der Waals surface area contributed by atoms with Gasteiger partial charge in [-0.2, -0.15) is 5.10 Å². The third-order valence-electron chi connectivity index (χ3n) is 2.19. The molecule has 80 valence electrons. The fraction of sp³-hybridized carbons (Fsp3) is 0.727. The molecule has 0 aliphatic carbocycles. The van der Waals surface area contributed by atoms with E-state index in [1.807, 2.05) is 11.7 Å². The Morgan fingerprint density at radius 1 is 1.43 bits per heavy atom. The van der Waals surface area contributed by atoms with Crippen LogP contribution in [0.2, 0.25) is 0 Å². The van der Waals surface area contributed by atoms with Gasteiger partial charge in [-0.1, -0.05) is 0 Å². The first-order valence-electron chi connectivity index (χ1n) is 5.23. The molecule has 1 N–H and O–H groups in total. The van der Waals surface area contributed by atoms with Crippen molar-refractivity contribution in [2.45, 2.75) is 39.2 Å². The van der Waals surface area contributed by atoms with Gasteiger partial charge in [0.2, 0.25) is 0 Å². The SMILES string of the molecule is CNCCCc1ccn(C(C)(C)C)n1. The smallest absolute Gasteiger partial charge is 0.0625 e. The lowest BCUT2D eigenvalue weighted by molar-refractivity contribution is 0.353. The molecule has 0 bridgehead atoms. The van der Waals surface area contributed by atoms with Crippen LogP contribution in [0.3, 0.4) is 0 Å². The Hall–Kier alpha value is -0.830. The molecule has 0 aromatic carbocycles. The highest BCUT2D eigenvalue weighted by Crippen LogP contribution is 2.12. The fourth-order valence-corrected chi connectivity index (χ4v) is 1.31. The molecule has 0 atom stereocenters. The molecule has 0 saturated heterocycles. The molecule has 3 heteroatoms. The summed E-state index contributed by atoms with van der Waals surface area (Å²) in [5, 5.41) is 7.68. The van der Waals surface area contributed by atoms with E-state index in [-0.39, 0.29) is 5.54 Å². The van der Waals surface area contributed by atoms with E-state index >= 15 is 0 Å². The van der Waals surface area contributed by atoms with Crippen molar-refractivity contribution < 1.29 is 0 Å². The van der Waals surface area contributed by atoms with Gasteiger partial charge in [0.05, 0.1) is 11.2 Å². The summed E-state index contributed by atoms with van der Waals surface area (Å²) in [7, 11) is 1.98. The Labute approximate surface area is 86.5 Å². The Morgan fingerprint density at radius 3 is 2.64 bits per heavy atom. The van der Waals surface area contributed by atoms with E-state index in [9.17, 15) is 0 Å². The van der Waals surface area contributed by atoms with E-state index in [1.165, 1.54) is 5.69 Å². The van der Waals surface area contributed by atoms with Gasteiger partial charge in [-0.3, -0.25) is 4.68 Å². The highest BCUT2D eigenvalue weighted by atomic mass is 15.3. The van der Waals surface area contributed by atoms with E-state index in [1.54, 1.807) is 0 Å². The molecule has 0 amide bonds. The average molecular weight is 195 g/mol. The maximum atomic E-state index is 4.54. The van der Waals surface area contributed by atoms with Gasteiger partial charge in [0, 0.05) is 6.20 Å². The molecule has 14 heavy (non-hydrogen) atoms. The lowest BCUT2D eigenvalue weighted by Gasteiger charge is -2.18. The molecule has 1 rings (SSSR count). The van der Waals surface area contributed by atoms with Crippen LogP contribution in [0.5, 0.6) is 0 Å². The van der Waals surface area contributed by atoms with Crippen LogP contribution in [0.1, 0.15) is 32.9 Å². The molecule has 1 heterocycles. The number of nitrogens with zero attached hydrogens (tertiary/aromatic N) is 2. The molecular formula is C11H21N3. The second-order valence-electron chi connectivity index (χ2n) is 4.63. The average Bonchev–Trinajstić information content (AvgIpc) is 2.52. The van der Waals surface area contributed by atoms with Gasteiger partial charge in [0.1, 0.15) is 0 Å². The number of hydrogen-bond acceptors (Lipinski definition) is 2. The summed E-state index contributed by atoms with van der Waals surface area (Å²) in [6.07, 6.45) is 4.27. The molecule has 1 aromatic heterocycles. The summed E-state index contributed by atoms with van der Waals surface area (Å²) in [6, 6.07) is 2.11. The largest absolute Gasteiger partial charge is 0.320 e. The predicted octanol–water partition coefficient (Wildman–Crippen LogP) is 1.79. The molecule has 3 nitrogen and oxygen atoms in total. The van der Waals surface area contributed by atoms with E-state index in [2.05, 4.69) is 43.4 Å². The summed E-state index contributed by atoms with van der Waals surface area (Å²) in [4.78, 5) is 0. The van der Waals surface area contributed by atoms with Crippen molar-refractivity contribution in [1.29, 1.82) is 0 Å². The third kappa shape index (κ3) is 3.14. The Balaban J connectivity index is 2.51. The summed E-state index contributed by atoms with van der Waals surface area (Å²) >= 11 is 0. The van der Waals surface area contributed by atoms with Gasteiger partial charge >= 0.3 is 0 Å². The Kier molecular flexibility index (Phi) is 3.69. The minimum atomic E-state index is 0.0985. The van der Waals surface area contributed by atoms with Crippen molar-refractivity contribution in [1.82, 2.24) is 15.1 Å². The van der Waals surface area contributed by atoms with Crippen LogP contribution < -0.4 is 5.32 Å². The monoisotopic (exact) mass is 195 g/mol. The van der Waals surface area contributed by atoms with Crippen molar-refractivity contribution in [2.24, 2.45) is 0 Å². The van der Waals surface area contributed by atoms with E-state index < -0.39 is 0 Å². The zero-order valence-corrected chi connectivity index (χ0v) is 9.67. The normalized spacial score (nSPS) is 12.0. The second-order valence-corrected chi connectivity index (χ2v) is 4.63. The highest BCUT2D eigenvalue weighted by molar-refractivity contribution is 5.00. The number of hydrogen-bond donors (Lipinski definition) is 1. The first kappa shape index (κ1) is 11.2. The number of aryl methyl sites for hydroxylation is 1. The lowest BCUT2D eigenvalue weighted by atomic mass is 10.1. The highest BCUT2D eigenvalue weighted by Gasteiger charge is 2.13. The topological polar surface area (TPSA) is 29.9 Å². The van der Waals surface area contributed by atoms with Gasteiger partial charge in [0.15, 0.2) is 0 Å². The van der Waals surface area contributed by atoms with Crippen molar-refractivity contribution in [3.63, 3.8) is 0 Å². The summed E-state index contributed by atoms with van der Waals surface area (Å²) in [5.41, 5.74) is 1.29. The molecule has 0 fully saturated rings. The van der Waals surface area contributed by atoms with Crippen LogP contribution in [0.25, 0.3) is 0 Å². The van der Waals surface area contributed by atoms with E-state index in [0.717, 1.165) is 19.4 Å².